The normalized spacial score (nSPS) is 16.3. The largest absolute Gasteiger partial charge is 0.381 e. The lowest BCUT2D eigenvalue weighted by atomic mass is 10.1. The van der Waals surface area contributed by atoms with Crippen LogP contribution in [0.15, 0.2) is 49.2 Å². The predicted molar refractivity (Wildman–Crippen MR) is 116 cm³/mol. The van der Waals surface area contributed by atoms with Crippen molar-refractivity contribution in [3.63, 3.8) is 0 Å². The number of amides is 1. The highest BCUT2D eigenvalue weighted by atomic mass is 32.1. The van der Waals surface area contributed by atoms with Gasteiger partial charge in [0, 0.05) is 39.8 Å². The Bertz CT molecular complexity index is 1260. The fourth-order valence-corrected chi connectivity index (χ4v) is 4.70. The van der Waals surface area contributed by atoms with E-state index in [0.717, 1.165) is 48.5 Å². The molecular weight excluding hydrogens is 368 g/mol. The van der Waals surface area contributed by atoms with Gasteiger partial charge in [-0.1, -0.05) is 6.58 Å². The summed E-state index contributed by atoms with van der Waals surface area (Å²) < 4.78 is 1.09. The molecule has 1 aromatic carbocycles. The van der Waals surface area contributed by atoms with Gasteiger partial charge in [-0.2, -0.15) is 0 Å². The smallest absolute Gasteiger partial charge is 0.263 e. The number of anilines is 1. The van der Waals surface area contributed by atoms with Crippen LogP contribution in [0.4, 0.5) is 5.69 Å². The van der Waals surface area contributed by atoms with E-state index < -0.39 is 0 Å². The Morgan fingerprint density at radius 1 is 1.25 bits per heavy atom. The summed E-state index contributed by atoms with van der Waals surface area (Å²) in [6, 6.07) is 12.2. The van der Waals surface area contributed by atoms with E-state index in [4.69, 9.17) is 4.98 Å². The van der Waals surface area contributed by atoms with Crippen LogP contribution in [0.3, 0.4) is 0 Å². The number of hydrogen-bond acceptors (Lipinski definition) is 5. The standard InChI is InChI=1S/C22H18N4OS/c1-3-14-10-13(8-9-23-14)16-5-4-15-17(26-16)6-7-18-19(15)20-21(28-18)22(27)25-12(2)11-24-20/h3-10,12,24H,1,11H2,2H3,(H,25,27). The van der Waals surface area contributed by atoms with Gasteiger partial charge in [0.2, 0.25) is 0 Å². The molecule has 1 aliphatic heterocycles. The number of nitrogens with zero attached hydrogens (tertiary/aromatic N) is 2. The van der Waals surface area contributed by atoms with Crippen LogP contribution in [-0.4, -0.2) is 28.5 Å². The number of carbonyl (C=O) groups excluding carboxylic acids is 1. The monoisotopic (exact) mass is 386 g/mol. The van der Waals surface area contributed by atoms with Crippen molar-refractivity contribution in [2.45, 2.75) is 13.0 Å². The molecule has 138 valence electrons. The number of nitrogens with one attached hydrogen (secondary N) is 2. The molecule has 0 spiro atoms. The fraction of sp³-hybridized carbons (Fsp3) is 0.136. The van der Waals surface area contributed by atoms with Gasteiger partial charge in [-0.25, -0.2) is 4.98 Å². The van der Waals surface area contributed by atoms with Gasteiger partial charge in [-0.05, 0) is 49.4 Å². The Kier molecular flexibility index (Phi) is 3.87. The Hall–Kier alpha value is -3.25. The second-order valence-corrected chi connectivity index (χ2v) is 7.99. The maximum Gasteiger partial charge on any atom is 0.263 e. The summed E-state index contributed by atoms with van der Waals surface area (Å²) in [4.78, 5) is 22.4. The van der Waals surface area contributed by atoms with Crippen molar-refractivity contribution in [1.82, 2.24) is 15.3 Å². The van der Waals surface area contributed by atoms with Gasteiger partial charge in [0.05, 0.1) is 22.6 Å². The van der Waals surface area contributed by atoms with Crippen LogP contribution in [0, 0.1) is 0 Å². The molecule has 0 saturated heterocycles. The van der Waals surface area contributed by atoms with E-state index in [1.807, 2.05) is 37.3 Å². The first-order valence-corrected chi connectivity index (χ1v) is 9.95. The SMILES string of the molecule is C=Cc1cc(-c2ccc3c(ccc4sc5c(c43)NCC(C)NC5=O)n2)ccn1. The number of rotatable bonds is 2. The van der Waals surface area contributed by atoms with Crippen LogP contribution in [0.2, 0.25) is 0 Å². The average Bonchev–Trinajstić information content (AvgIpc) is 3.04. The molecule has 1 amide bonds. The molecule has 1 atom stereocenters. The van der Waals surface area contributed by atoms with Crippen molar-refractivity contribution in [2.75, 3.05) is 11.9 Å². The van der Waals surface area contributed by atoms with Crippen molar-refractivity contribution in [2.24, 2.45) is 0 Å². The van der Waals surface area contributed by atoms with E-state index in [9.17, 15) is 4.79 Å². The van der Waals surface area contributed by atoms with E-state index >= 15 is 0 Å². The third kappa shape index (κ3) is 2.65. The van der Waals surface area contributed by atoms with Crippen molar-refractivity contribution in [1.29, 1.82) is 0 Å². The van der Waals surface area contributed by atoms with Crippen molar-refractivity contribution < 1.29 is 4.79 Å². The minimum Gasteiger partial charge on any atom is -0.381 e. The Labute approximate surface area is 166 Å². The summed E-state index contributed by atoms with van der Waals surface area (Å²) in [7, 11) is 0. The van der Waals surface area contributed by atoms with Gasteiger partial charge in [0.25, 0.3) is 5.91 Å². The molecule has 5 nitrogen and oxygen atoms in total. The molecule has 6 heteroatoms. The Morgan fingerprint density at radius 3 is 3.00 bits per heavy atom. The van der Waals surface area contributed by atoms with Crippen LogP contribution in [0.5, 0.6) is 0 Å². The number of hydrogen-bond donors (Lipinski definition) is 2. The van der Waals surface area contributed by atoms with E-state index in [2.05, 4.69) is 28.3 Å². The molecule has 4 heterocycles. The molecule has 28 heavy (non-hydrogen) atoms. The lowest BCUT2D eigenvalue weighted by Crippen LogP contribution is -2.34. The molecule has 0 radical (unpaired) electrons. The summed E-state index contributed by atoms with van der Waals surface area (Å²) in [6.45, 7) is 6.49. The molecule has 1 unspecified atom stereocenters. The maximum absolute atomic E-state index is 12.6. The first-order valence-electron chi connectivity index (χ1n) is 9.14. The molecule has 0 bridgehead atoms. The Morgan fingerprint density at radius 2 is 2.14 bits per heavy atom. The minimum atomic E-state index is -0.0137. The molecular formula is C22H18N4OS. The van der Waals surface area contributed by atoms with E-state index in [-0.39, 0.29) is 11.9 Å². The first kappa shape index (κ1) is 16.9. The molecule has 0 aliphatic carbocycles. The molecule has 3 aromatic heterocycles. The van der Waals surface area contributed by atoms with Gasteiger partial charge < -0.3 is 10.6 Å². The summed E-state index contributed by atoms with van der Waals surface area (Å²) in [5, 5.41) is 8.61. The van der Waals surface area contributed by atoms with Gasteiger partial charge in [0.1, 0.15) is 4.88 Å². The lowest BCUT2D eigenvalue weighted by molar-refractivity contribution is 0.0949. The van der Waals surface area contributed by atoms with Gasteiger partial charge in [-0.15, -0.1) is 11.3 Å². The van der Waals surface area contributed by atoms with E-state index in [1.54, 1.807) is 12.3 Å². The fourth-order valence-electron chi connectivity index (χ4n) is 3.61. The molecule has 1 aliphatic rings. The number of benzene rings is 1. The summed E-state index contributed by atoms with van der Waals surface area (Å²) >= 11 is 1.52. The van der Waals surface area contributed by atoms with Gasteiger partial charge in [-0.3, -0.25) is 9.78 Å². The highest BCUT2D eigenvalue weighted by molar-refractivity contribution is 7.21. The molecule has 0 fully saturated rings. The van der Waals surface area contributed by atoms with Crippen molar-refractivity contribution >= 4 is 50.0 Å². The number of pyridine rings is 2. The molecule has 5 rings (SSSR count). The lowest BCUT2D eigenvalue weighted by Gasteiger charge is -2.10. The topological polar surface area (TPSA) is 66.9 Å². The zero-order valence-electron chi connectivity index (χ0n) is 15.3. The van der Waals surface area contributed by atoms with Crippen LogP contribution in [-0.2, 0) is 0 Å². The second-order valence-electron chi connectivity index (χ2n) is 6.94. The van der Waals surface area contributed by atoms with Gasteiger partial charge in [0.15, 0.2) is 0 Å². The maximum atomic E-state index is 12.6. The average molecular weight is 386 g/mol. The molecule has 4 aromatic rings. The number of carbonyl (C=O) groups is 1. The summed E-state index contributed by atoms with van der Waals surface area (Å²) in [6.07, 6.45) is 3.50. The molecule has 0 saturated carbocycles. The van der Waals surface area contributed by atoms with Gasteiger partial charge >= 0.3 is 0 Å². The predicted octanol–water partition coefficient (Wildman–Crippen LogP) is 4.70. The summed E-state index contributed by atoms with van der Waals surface area (Å²) in [5.41, 5.74) is 4.53. The minimum absolute atomic E-state index is 0.0137. The first-order chi connectivity index (χ1) is 13.6. The zero-order chi connectivity index (χ0) is 19.3. The third-order valence-electron chi connectivity index (χ3n) is 4.98. The van der Waals surface area contributed by atoms with Crippen molar-refractivity contribution in [3.05, 3.63) is 59.7 Å². The van der Waals surface area contributed by atoms with Crippen LogP contribution < -0.4 is 10.6 Å². The number of aromatic nitrogens is 2. The highest BCUT2D eigenvalue weighted by Gasteiger charge is 2.24. The quantitative estimate of drug-likeness (QED) is 0.524. The zero-order valence-corrected chi connectivity index (χ0v) is 16.1. The highest BCUT2D eigenvalue weighted by Crippen LogP contribution is 2.41. The van der Waals surface area contributed by atoms with Crippen LogP contribution in [0.25, 0.3) is 38.3 Å². The number of fused-ring (bicyclic) bond motifs is 5. The third-order valence-corrected chi connectivity index (χ3v) is 6.13. The second kappa shape index (κ2) is 6.42. The Balaban J connectivity index is 1.71. The molecule has 2 N–H and O–H groups in total. The van der Waals surface area contributed by atoms with E-state index in [0.29, 0.717) is 6.54 Å². The van der Waals surface area contributed by atoms with E-state index in [1.165, 1.54) is 11.3 Å². The van der Waals surface area contributed by atoms with Crippen LogP contribution in [0.1, 0.15) is 22.3 Å². The van der Waals surface area contributed by atoms with Crippen LogP contribution >= 0.6 is 11.3 Å². The van der Waals surface area contributed by atoms with Crippen molar-refractivity contribution in [3.8, 4) is 11.3 Å². The number of thiophene rings is 1. The summed E-state index contributed by atoms with van der Waals surface area (Å²) in [5.74, 6) is -0.0137.